The lowest BCUT2D eigenvalue weighted by molar-refractivity contribution is -0.137. The summed E-state index contributed by atoms with van der Waals surface area (Å²) in [5.74, 6) is -0.401. The van der Waals surface area contributed by atoms with E-state index < -0.39 is 24.0 Å². The number of carboxylic acid groups (broad SMARTS) is 1. The molecule has 1 aromatic rings. The van der Waals surface area contributed by atoms with Crippen LogP contribution in [0.25, 0.3) is 0 Å². The number of methoxy groups -OCH3 is 2. The van der Waals surface area contributed by atoms with Crippen LogP contribution in [-0.4, -0.2) is 61.4 Å². The molecule has 0 radical (unpaired) electrons. The highest BCUT2D eigenvalue weighted by atomic mass is 16.6. The third kappa shape index (κ3) is 4.52. The zero-order valence-corrected chi connectivity index (χ0v) is 14.0. The molecule has 0 unspecified atom stereocenters. The second kappa shape index (κ2) is 8.22. The van der Waals surface area contributed by atoms with Gasteiger partial charge in [0.05, 0.1) is 27.2 Å². The summed E-state index contributed by atoms with van der Waals surface area (Å²) in [6.07, 6.45) is -0.795. The number of benzene rings is 1. The Morgan fingerprint density at radius 1 is 1.32 bits per heavy atom. The molecule has 1 aromatic carbocycles. The smallest absolute Gasteiger partial charge is 0.410 e. The number of hydrogen-bond donors (Lipinski definition) is 2. The van der Waals surface area contributed by atoms with Crippen LogP contribution >= 0.6 is 0 Å². The molecule has 2 N–H and O–H groups in total. The Balaban J connectivity index is 2.06. The van der Waals surface area contributed by atoms with Gasteiger partial charge in [0.1, 0.15) is 12.6 Å². The number of aliphatic carboxylic acids is 1. The van der Waals surface area contributed by atoms with Crippen molar-refractivity contribution in [2.75, 3.05) is 27.4 Å². The first-order chi connectivity index (χ1) is 12.0. The van der Waals surface area contributed by atoms with Crippen molar-refractivity contribution in [2.24, 2.45) is 0 Å². The van der Waals surface area contributed by atoms with Crippen molar-refractivity contribution in [3.63, 3.8) is 0 Å². The fourth-order valence-corrected chi connectivity index (χ4v) is 2.43. The Bertz CT molecular complexity index is 662. The van der Waals surface area contributed by atoms with Crippen LogP contribution in [-0.2, 0) is 20.9 Å². The summed E-state index contributed by atoms with van der Waals surface area (Å²) in [6.45, 7) is 0.0598. The van der Waals surface area contributed by atoms with E-state index in [1.165, 1.54) is 19.1 Å². The van der Waals surface area contributed by atoms with Crippen LogP contribution < -0.4 is 14.8 Å². The predicted molar refractivity (Wildman–Crippen MR) is 85.5 cm³/mol. The third-order valence-corrected chi connectivity index (χ3v) is 3.72. The molecule has 1 aliphatic heterocycles. The maximum Gasteiger partial charge on any atom is 0.410 e. The number of hydrogen-bond acceptors (Lipinski definition) is 6. The predicted octanol–water partition coefficient (Wildman–Crippen LogP) is 0.615. The first kappa shape index (κ1) is 18.4. The van der Waals surface area contributed by atoms with E-state index in [9.17, 15) is 14.4 Å². The van der Waals surface area contributed by atoms with Crippen molar-refractivity contribution in [3.8, 4) is 11.5 Å². The maximum atomic E-state index is 12.2. The minimum absolute atomic E-state index is 0.0109. The summed E-state index contributed by atoms with van der Waals surface area (Å²) in [5, 5.41) is 11.1. The molecular formula is C16H20N2O7. The van der Waals surface area contributed by atoms with Crippen LogP contribution in [0.5, 0.6) is 11.5 Å². The number of nitrogens with one attached hydrogen (secondary N) is 1. The second-order valence-electron chi connectivity index (χ2n) is 5.34. The topological polar surface area (TPSA) is 114 Å². The van der Waals surface area contributed by atoms with E-state index in [2.05, 4.69) is 5.32 Å². The molecule has 1 fully saturated rings. The average Bonchev–Trinajstić information content (AvgIpc) is 2.95. The SMILES string of the molecule is COc1ccc(CN2C(=O)OC[C@H]2C(=O)NCCC(=O)O)cc1OC. The van der Waals surface area contributed by atoms with Crippen LogP contribution in [0.3, 0.4) is 0 Å². The van der Waals surface area contributed by atoms with Gasteiger partial charge in [-0.1, -0.05) is 6.07 Å². The highest BCUT2D eigenvalue weighted by Gasteiger charge is 2.38. The molecule has 1 atom stereocenters. The van der Waals surface area contributed by atoms with Gasteiger partial charge in [-0.05, 0) is 17.7 Å². The van der Waals surface area contributed by atoms with Crippen molar-refractivity contribution in [3.05, 3.63) is 23.8 Å². The molecule has 0 aliphatic carbocycles. The largest absolute Gasteiger partial charge is 0.493 e. The summed E-state index contributed by atoms with van der Waals surface area (Å²) < 4.78 is 15.3. The summed E-state index contributed by atoms with van der Waals surface area (Å²) in [4.78, 5) is 35.9. The number of carbonyl (C=O) groups is 3. The van der Waals surface area contributed by atoms with Crippen molar-refractivity contribution in [1.82, 2.24) is 10.2 Å². The summed E-state index contributed by atoms with van der Waals surface area (Å²) in [7, 11) is 3.03. The number of carboxylic acids is 1. The highest BCUT2D eigenvalue weighted by Crippen LogP contribution is 2.29. The van der Waals surface area contributed by atoms with E-state index in [4.69, 9.17) is 19.3 Å². The van der Waals surface area contributed by atoms with E-state index >= 15 is 0 Å². The van der Waals surface area contributed by atoms with E-state index in [-0.39, 0.29) is 26.1 Å². The first-order valence-electron chi connectivity index (χ1n) is 7.60. The molecule has 0 spiro atoms. The number of ether oxygens (including phenoxy) is 3. The van der Waals surface area contributed by atoms with Crippen LogP contribution in [0, 0.1) is 0 Å². The van der Waals surface area contributed by atoms with Crippen molar-refractivity contribution in [1.29, 1.82) is 0 Å². The monoisotopic (exact) mass is 352 g/mol. The number of nitrogens with zero attached hydrogens (tertiary/aromatic N) is 1. The van der Waals surface area contributed by atoms with Crippen LogP contribution in [0.4, 0.5) is 4.79 Å². The lowest BCUT2D eigenvalue weighted by atomic mass is 10.1. The van der Waals surface area contributed by atoms with E-state index in [1.54, 1.807) is 18.2 Å². The van der Waals surface area contributed by atoms with Crippen LogP contribution in [0.15, 0.2) is 18.2 Å². The number of rotatable bonds is 8. The normalized spacial score (nSPS) is 16.3. The molecule has 9 nitrogen and oxygen atoms in total. The summed E-state index contributed by atoms with van der Waals surface area (Å²) >= 11 is 0. The Hall–Kier alpha value is -2.97. The molecule has 136 valence electrons. The molecular weight excluding hydrogens is 332 g/mol. The first-order valence-corrected chi connectivity index (χ1v) is 7.60. The standard InChI is InChI=1S/C16H20N2O7/c1-23-12-4-3-10(7-13(12)24-2)8-18-11(9-25-16(18)22)15(21)17-6-5-14(19)20/h3-4,7,11H,5-6,8-9H2,1-2H3,(H,17,21)(H,19,20)/t11-/m0/s1. The lowest BCUT2D eigenvalue weighted by Gasteiger charge is -2.21. The Morgan fingerprint density at radius 3 is 2.68 bits per heavy atom. The van der Waals surface area contributed by atoms with Crippen molar-refractivity contribution in [2.45, 2.75) is 19.0 Å². The molecule has 0 aromatic heterocycles. The van der Waals surface area contributed by atoms with Gasteiger partial charge in [0.2, 0.25) is 5.91 Å². The molecule has 9 heteroatoms. The Labute approximate surface area is 144 Å². The molecule has 2 amide bonds. The number of carbonyl (C=O) groups excluding carboxylic acids is 2. The van der Waals surface area contributed by atoms with Gasteiger partial charge in [0, 0.05) is 6.54 Å². The maximum absolute atomic E-state index is 12.2. The zero-order valence-electron chi connectivity index (χ0n) is 14.0. The fourth-order valence-electron chi connectivity index (χ4n) is 2.43. The van der Waals surface area contributed by atoms with Crippen LogP contribution in [0.1, 0.15) is 12.0 Å². The molecule has 25 heavy (non-hydrogen) atoms. The molecule has 1 heterocycles. The van der Waals surface area contributed by atoms with Crippen LogP contribution in [0.2, 0.25) is 0 Å². The summed E-state index contributed by atoms with van der Waals surface area (Å²) in [5.41, 5.74) is 0.736. The Morgan fingerprint density at radius 2 is 2.04 bits per heavy atom. The number of cyclic esters (lactones) is 1. The van der Waals surface area contributed by atoms with Gasteiger partial charge >= 0.3 is 12.1 Å². The summed E-state index contributed by atoms with van der Waals surface area (Å²) in [6, 6.07) is 4.36. The van der Waals surface area contributed by atoms with Gasteiger partial charge < -0.3 is 24.6 Å². The quantitative estimate of drug-likeness (QED) is 0.705. The fraction of sp³-hybridized carbons (Fsp3) is 0.438. The van der Waals surface area contributed by atoms with Gasteiger partial charge in [-0.15, -0.1) is 0 Å². The Kier molecular flexibility index (Phi) is 6.04. The van der Waals surface area contributed by atoms with E-state index in [0.717, 1.165) is 5.56 Å². The van der Waals surface area contributed by atoms with Crippen molar-refractivity contribution >= 4 is 18.0 Å². The van der Waals surface area contributed by atoms with E-state index in [1.807, 2.05) is 0 Å². The van der Waals surface area contributed by atoms with Gasteiger partial charge in [-0.25, -0.2) is 4.79 Å². The highest BCUT2D eigenvalue weighted by molar-refractivity contribution is 5.88. The minimum Gasteiger partial charge on any atom is -0.493 e. The molecule has 1 aliphatic rings. The van der Waals surface area contributed by atoms with Gasteiger partial charge in [0.25, 0.3) is 0 Å². The van der Waals surface area contributed by atoms with Gasteiger partial charge in [-0.2, -0.15) is 0 Å². The average molecular weight is 352 g/mol. The van der Waals surface area contributed by atoms with E-state index in [0.29, 0.717) is 11.5 Å². The molecule has 0 bridgehead atoms. The zero-order chi connectivity index (χ0) is 18.4. The van der Waals surface area contributed by atoms with Crippen molar-refractivity contribution < 1.29 is 33.7 Å². The number of amides is 2. The lowest BCUT2D eigenvalue weighted by Crippen LogP contribution is -2.45. The van der Waals surface area contributed by atoms with Gasteiger partial charge in [-0.3, -0.25) is 14.5 Å². The molecule has 2 rings (SSSR count). The molecule has 1 saturated heterocycles. The second-order valence-corrected chi connectivity index (χ2v) is 5.34. The van der Waals surface area contributed by atoms with Gasteiger partial charge in [0.15, 0.2) is 11.5 Å². The minimum atomic E-state index is -1.01. The third-order valence-electron chi connectivity index (χ3n) is 3.72. The molecule has 0 saturated carbocycles.